The molecule has 0 atom stereocenters. The molecule has 0 radical (unpaired) electrons. The number of fused-ring (bicyclic) bond motifs is 1. The number of phenolic OH excluding ortho intramolecular Hbond substituents is 1. The van der Waals surface area contributed by atoms with Gasteiger partial charge >= 0.3 is 5.97 Å². The number of hydrogen-bond acceptors (Lipinski definition) is 3. The van der Waals surface area contributed by atoms with Crippen LogP contribution in [0.4, 0.5) is 5.69 Å². The van der Waals surface area contributed by atoms with E-state index in [2.05, 4.69) is 0 Å². The molecule has 0 saturated carbocycles. The maximum atomic E-state index is 12.5. The zero-order valence-electron chi connectivity index (χ0n) is 11.1. The van der Waals surface area contributed by atoms with Crippen molar-refractivity contribution >= 4 is 17.6 Å². The van der Waals surface area contributed by atoms with E-state index in [0.29, 0.717) is 18.7 Å². The number of hydrogen-bond donors (Lipinski definition) is 2. The zero-order chi connectivity index (χ0) is 15.0. The fourth-order valence-corrected chi connectivity index (χ4v) is 2.52. The van der Waals surface area contributed by atoms with Gasteiger partial charge in [0.25, 0.3) is 5.91 Å². The first-order valence-electron chi connectivity index (χ1n) is 6.54. The Bertz CT molecular complexity index is 739. The lowest BCUT2D eigenvalue weighted by molar-refractivity contribution is 0.0696. The fraction of sp³-hybridized carbons (Fsp3) is 0.125. The average Bonchev–Trinajstić information content (AvgIpc) is 2.90. The van der Waals surface area contributed by atoms with Crippen molar-refractivity contribution in [1.29, 1.82) is 0 Å². The Morgan fingerprint density at radius 2 is 1.86 bits per heavy atom. The Kier molecular flexibility index (Phi) is 3.10. The third kappa shape index (κ3) is 2.23. The van der Waals surface area contributed by atoms with Gasteiger partial charge in [-0.2, -0.15) is 0 Å². The molecule has 0 saturated heterocycles. The minimum absolute atomic E-state index is 0.0784. The van der Waals surface area contributed by atoms with Crippen LogP contribution in [-0.2, 0) is 6.42 Å². The van der Waals surface area contributed by atoms with Crippen molar-refractivity contribution < 1.29 is 19.8 Å². The molecule has 5 heteroatoms. The van der Waals surface area contributed by atoms with Crippen molar-refractivity contribution in [3.05, 3.63) is 59.2 Å². The molecular formula is C16H13NO4. The number of para-hydroxylation sites is 1. The van der Waals surface area contributed by atoms with Gasteiger partial charge in [-0.15, -0.1) is 0 Å². The number of carboxylic acid groups (broad SMARTS) is 1. The van der Waals surface area contributed by atoms with Crippen LogP contribution < -0.4 is 4.90 Å². The summed E-state index contributed by atoms with van der Waals surface area (Å²) in [5.41, 5.74) is 1.89. The third-order valence-electron chi connectivity index (χ3n) is 3.61. The first kappa shape index (κ1) is 13.2. The summed E-state index contributed by atoms with van der Waals surface area (Å²) in [5.74, 6) is -1.43. The molecule has 3 rings (SSSR count). The number of phenols is 1. The number of benzene rings is 2. The predicted molar refractivity (Wildman–Crippen MR) is 76.9 cm³/mol. The number of rotatable bonds is 2. The summed E-state index contributed by atoms with van der Waals surface area (Å²) in [5, 5.41) is 18.8. The largest absolute Gasteiger partial charge is 0.507 e. The van der Waals surface area contributed by atoms with Crippen LogP contribution in [-0.4, -0.2) is 28.6 Å². The number of amides is 1. The zero-order valence-corrected chi connectivity index (χ0v) is 11.1. The van der Waals surface area contributed by atoms with Crippen LogP contribution in [0.25, 0.3) is 0 Å². The minimum atomic E-state index is -1.03. The van der Waals surface area contributed by atoms with Gasteiger partial charge < -0.3 is 15.1 Å². The maximum Gasteiger partial charge on any atom is 0.335 e. The summed E-state index contributed by atoms with van der Waals surface area (Å²) in [6.07, 6.45) is 0.675. The summed E-state index contributed by atoms with van der Waals surface area (Å²) < 4.78 is 0. The van der Waals surface area contributed by atoms with E-state index in [0.717, 1.165) is 5.56 Å². The quantitative estimate of drug-likeness (QED) is 0.886. The molecule has 21 heavy (non-hydrogen) atoms. The van der Waals surface area contributed by atoms with Gasteiger partial charge in [-0.3, -0.25) is 4.79 Å². The van der Waals surface area contributed by atoms with Gasteiger partial charge in [0.1, 0.15) is 5.75 Å². The first-order valence-corrected chi connectivity index (χ1v) is 6.54. The molecular weight excluding hydrogens is 270 g/mol. The number of nitrogens with zero attached hydrogens (tertiary/aromatic N) is 1. The van der Waals surface area contributed by atoms with Gasteiger partial charge in [0.05, 0.1) is 11.1 Å². The van der Waals surface area contributed by atoms with Crippen LogP contribution in [0.2, 0.25) is 0 Å². The van der Waals surface area contributed by atoms with Crippen LogP contribution in [0.5, 0.6) is 5.75 Å². The monoisotopic (exact) mass is 283 g/mol. The molecule has 2 aromatic rings. The molecule has 2 aromatic carbocycles. The van der Waals surface area contributed by atoms with Crippen LogP contribution in [0.15, 0.2) is 42.5 Å². The topological polar surface area (TPSA) is 77.8 Å². The number of aromatic carboxylic acids is 1. The van der Waals surface area contributed by atoms with E-state index in [1.807, 2.05) is 0 Å². The Balaban J connectivity index is 2.01. The van der Waals surface area contributed by atoms with Gasteiger partial charge in [-0.25, -0.2) is 4.79 Å². The molecule has 1 aliphatic rings. The van der Waals surface area contributed by atoms with Crippen molar-refractivity contribution in [2.75, 3.05) is 11.4 Å². The average molecular weight is 283 g/mol. The second-order valence-electron chi connectivity index (χ2n) is 4.87. The van der Waals surface area contributed by atoms with Crippen molar-refractivity contribution in [3.63, 3.8) is 0 Å². The highest BCUT2D eigenvalue weighted by molar-refractivity contribution is 6.09. The van der Waals surface area contributed by atoms with E-state index in [4.69, 9.17) is 5.11 Å². The summed E-state index contributed by atoms with van der Waals surface area (Å²) in [4.78, 5) is 25.1. The van der Waals surface area contributed by atoms with Gasteiger partial charge in [-0.05, 0) is 36.2 Å². The van der Waals surface area contributed by atoms with Crippen LogP contribution in [0.3, 0.4) is 0 Å². The lowest BCUT2D eigenvalue weighted by Crippen LogP contribution is -2.29. The summed E-state index contributed by atoms with van der Waals surface area (Å²) >= 11 is 0. The molecule has 0 aliphatic carbocycles. The number of aromatic hydroxyl groups is 1. The SMILES string of the molecule is O=C(O)c1ccc2c(c1)N(C(=O)c1ccccc1O)CC2. The Hall–Kier alpha value is -2.82. The third-order valence-corrected chi connectivity index (χ3v) is 3.61. The molecule has 2 N–H and O–H groups in total. The molecule has 5 nitrogen and oxygen atoms in total. The van der Waals surface area contributed by atoms with Crippen LogP contribution in [0.1, 0.15) is 26.3 Å². The number of anilines is 1. The molecule has 0 aromatic heterocycles. The molecule has 0 bridgehead atoms. The molecule has 0 fully saturated rings. The minimum Gasteiger partial charge on any atom is -0.507 e. The lowest BCUT2D eigenvalue weighted by Gasteiger charge is -2.18. The van der Waals surface area contributed by atoms with Gasteiger partial charge in [0, 0.05) is 12.2 Å². The predicted octanol–water partition coefficient (Wildman–Crippen LogP) is 2.29. The lowest BCUT2D eigenvalue weighted by atomic mass is 10.1. The molecule has 1 heterocycles. The van der Waals surface area contributed by atoms with Crippen LogP contribution >= 0.6 is 0 Å². The molecule has 106 valence electrons. The highest BCUT2D eigenvalue weighted by Crippen LogP contribution is 2.31. The van der Waals surface area contributed by atoms with E-state index in [-0.39, 0.29) is 22.8 Å². The normalized spacial score (nSPS) is 13.0. The molecule has 1 amide bonds. The molecule has 0 spiro atoms. The van der Waals surface area contributed by atoms with E-state index in [9.17, 15) is 14.7 Å². The van der Waals surface area contributed by atoms with E-state index in [1.165, 1.54) is 23.1 Å². The second-order valence-corrected chi connectivity index (χ2v) is 4.87. The first-order chi connectivity index (χ1) is 10.1. The maximum absolute atomic E-state index is 12.5. The highest BCUT2D eigenvalue weighted by atomic mass is 16.4. The smallest absolute Gasteiger partial charge is 0.335 e. The Labute approximate surface area is 121 Å². The highest BCUT2D eigenvalue weighted by Gasteiger charge is 2.27. The standard InChI is InChI=1S/C16H13NO4/c18-14-4-2-1-3-12(14)15(19)17-8-7-10-5-6-11(16(20)21)9-13(10)17/h1-6,9,18H,7-8H2,(H,20,21). The van der Waals surface area contributed by atoms with Crippen molar-refractivity contribution in [3.8, 4) is 5.75 Å². The van der Waals surface area contributed by atoms with Gasteiger partial charge in [0.15, 0.2) is 0 Å². The van der Waals surface area contributed by atoms with Crippen LogP contribution in [0, 0.1) is 0 Å². The molecule has 0 unspecified atom stereocenters. The molecule has 1 aliphatic heterocycles. The Morgan fingerprint density at radius 3 is 2.57 bits per heavy atom. The summed E-state index contributed by atoms with van der Waals surface area (Å²) in [7, 11) is 0. The fourth-order valence-electron chi connectivity index (χ4n) is 2.52. The summed E-state index contributed by atoms with van der Waals surface area (Å²) in [6, 6.07) is 11.1. The number of carbonyl (C=O) groups is 2. The summed E-state index contributed by atoms with van der Waals surface area (Å²) in [6.45, 7) is 0.478. The van der Waals surface area contributed by atoms with Crippen molar-refractivity contribution in [2.45, 2.75) is 6.42 Å². The van der Waals surface area contributed by atoms with E-state index < -0.39 is 5.97 Å². The van der Waals surface area contributed by atoms with Crippen molar-refractivity contribution in [1.82, 2.24) is 0 Å². The number of carbonyl (C=O) groups excluding carboxylic acids is 1. The van der Waals surface area contributed by atoms with Gasteiger partial charge in [-0.1, -0.05) is 18.2 Å². The van der Waals surface area contributed by atoms with E-state index >= 15 is 0 Å². The van der Waals surface area contributed by atoms with Crippen molar-refractivity contribution in [2.24, 2.45) is 0 Å². The number of carboxylic acids is 1. The van der Waals surface area contributed by atoms with E-state index in [1.54, 1.807) is 24.3 Å². The Morgan fingerprint density at radius 1 is 1.10 bits per heavy atom. The second kappa shape index (κ2) is 4.94. The van der Waals surface area contributed by atoms with Gasteiger partial charge in [0.2, 0.25) is 0 Å².